The summed E-state index contributed by atoms with van der Waals surface area (Å²) in [5.74, 6) is -0.224. The van der Waals surface area contributed by atoms with Crippen LogP contribution in [0.1, 0.15) is 19.4 Å². The number of hydrogen-bond donors (Lipinski definition) is 2. The molecule has 1 amide bonds. The van der Waals surface area contributed by atoms with Crippen LogP contribution in [0, 0.1) is 5.92 Å². The Labute approximate surface area is 129 Å². The van der Waals surface area contributed by atoms with Gasteiger partial charge in [0, 0.05) is 12.4 Å². The molecule has 7 heteroatoms. The van der Waals surface area contributed by atoms with Crippen molar-refractivity contribution < 1.29 is 4.79 Å². The zero-order chi connectivity index (χ0) is 14.5. The zero-order valence-electron chi connectivity index (χ0n) is 11.9. The van der Waals surface area contributed by atoms with Crippen molar-refractivity contribution in [1.29, 1.82) is 0 Å². The van der Waals surface area contributed by atoms with Gasteiger partial charge in [-0.3, -0.25) is 14.8 Å². The van der Waals surface area contributed by atoms with Gasteiger partial charge in [-0.1, -0.05) is 19.9 Å². The van der Waals surface area contributed by atoms with Gasteiger partial charge in [0.1, 0.15) is 0 Å². The third kappa shape index (κ3) is 4.47. The van der Waals surface area contributed by atoms with Crippen LogP contribution < -0.4 is 11.2 Å². The number of halogens is 1. The molecule has 3 N–H and O–H groups in total. The highest BCUT2D eigenvalue weighted by atomic mass is 35.5. The van der Waals surface area contributed by atoms with Gasteiger partial charge in [0.25, 0.3) is 5.91 Å². The van der Waals surface area contributed by atoms with Gasteiger partial charge in [0.2, 0.25) is 0 Å². The number of rotatable bonds is 4. The molecule has 21 heavy (non-hydrogen) atoms. The van der Waals surface area contributed by atoms with Crippen molar-refractivity contribution in [3.8, 4) is 0 Å². The minimum absolute atomic E-state index is 0. The molecule has 0 radical (unpaired) electrons. The van der Waals surface area contributed by atoms with Gasteiger partial charge in [-0.2, -0.15) is 5.10 Å². The van der Waals surface area contributed by atoms with Crippen LogP contribution >= 0.6 is 12.4 Å². The van der Waals surface area contributed by atoms with Crippen molar-refractivity contribution >= 4 is 35.6 Å². The summed E-state index contributed by atoms with van der Waals surface area (Å²) >= 11 is 0. The molecule has 0 aliphatic rings. The molecular formula is C14H18ClN5O. The molecule has 1 aromatic heterocycles. The van der Waals surface area contributed by atoms with Crippen LogP contribution in [0.25, 0.3) is 11.0 Å². The Kier molecular flexibility index (Phi) is 6.20. The fourth-order valence-corrected chi connectivity index (χ4v) is 1.61. The SMILES string of the molecule is CC(C)[C@@H](N)C(=O)N/N=C/c1ccc2nccnc2c1.Cl. The van der Waals surface area contributed by atoms with Crippen molar-refractivity contribution in [3.05, 3.63) is 36.2 Å². The average molecular weight is 308 g/mol. The molecule has 0 bridgehead atoms. The van der Waals surface area contributed by atoms with Crippen LogP contribution in [0.2, 0.25) is 0 Å². The van der Waals surface area contributed by atoms with E-state index in [4.69, 9.17) is 5.73 Å². The Balaban J connectivity index is 0.00000220. The van der Waals surface area contributed by atoms with Gasteiger partial charge in [0.05, 0.1) is 23.3 Å². The molecule has 0 fully saturated rings. The van der Waals surface area contributed by atoms with Gasteiger partial charge in [0.15, 0.2) is 0 Å². The first kappa shape index (κ1) is 17.0. The monoisotopic (exact) mass is 307 g/mol. The number of aromatic nitrogens is 2. The minimum atomic E-state index is -0.561. The third-order valence-corrected chi connectivity index (χ3v) is 2.90. The number of hydrazone groups is 1. The maximum Gasteiger partial charge on any atom is 0.257 e. The first-order chi connectivity index (χ1) is 9.58. The highest BCUT2D eigenvalue weighted by molar-refractivity contribution is 5.88. The fourth-order valence-electron chi connectivity index (χ4n) is 1.61. The van der Waals surface area contributed by atoms with Crippen LogP contribution in [0.15, 0.2) is 35.7 Å². The quantitative estimate of drug-likeness (QED) is 0.661. The molecule has 2 aromatic rings. The van der Waals surface area contributed by atoms with Crippen molar-refractivity contribution in [2.24, 2.45) is 16.8 Å². The standard InChI is InChI=1S/C14H17N5O.ClH/c1-9(2)13(15)14(20)19-18-8-10-3-4-11-12(7-10)17-6-5-16-11;/h3-9,13H,15H2,1-2H3,(H,19,20);1H/b18-8+;/t13-;/m1./s1. The number of hydrogen-bond acceptors (Lipinski definition) is 5. The molecule has 1 aromatic carbocycles. The van der Waals surface area contributed by atoms with E-state index < -0.39 is 6.04 Å². The summed E-state index contributed by atoms with van der Waals surface area (Å²) < 4.78 is 0. The van der Waals surface area contributed by atoms with E-state index in [0.717, 1.165) is 16.6 Å². The summed E-state index contributed by atoms with van der Waals surface area (Å²) in [5, 5.41) is 3.90. The lowest BCUT2D eigenvalue weighted by molar-refractivity contribution is -0.123. The summed E-state index contributed by atoms with van der Waals surface area (Å²) in [7, 11) is 0. The number of benzene rings is 1. The van der Waals surface area contributed by atoms with Gasteiger partial charge in [-0.15, -0.1) is 12.4 Å². The summed E-state index contributed by atoms with van der Waals surface area (Å²) in [5.41, 5.74) is 10.6. The summed E-state index contributed by atoms with van der Waals surface area (Å²) in [6.07, 6.45) is 4.83. The largest absolute Gasteiger partial charge is 0.320 e. The topological polar surface area (TPSA) is 93.3 Å². The van der Waals surface area contributed by atoms with Crippen LogP contribution in [-0.4, -0.2) is 28.1 Å². The summed E-state index contributed by atoms with van der Waals surface area (Å²) in [6.45, 7) is 3.77. The smallest absolute Gasteiger partial charge is 0.257 e. The van der Waals surface area contributed by atoms with Crippen LogP contribution in [0.5, 0.6) is 0 Å². The van der Waals surface area contributed by atoms with E-state index in [2.05, 4.69) is 20.5 Å². The minimum Gasteiger partial charge on any atom is -0.320 e. The van der Waals surface area contributed by atoms with E-state index in [0.29, 0.717) is 0 Å². The first-order valence-electron chi connectivity index (χ1n) is 6.37. The molecular weight excluding hydrogens is 290 g/mol. The number of fused-ring (bicyclic) bond motifs is 1. The Morgan fingerprint density at radius 2 is 1.95 bits per heavy atom. The molecule has 0 spiro atoms. The molecule has 1 atom stereocenters. The highest BCUT2D eigenvalue weighted by Crippen LogP contribution is 2.09. The van der Waals surface area contributed by atoms with Gasteiger partial charge in [-0.05, 0) is 23.6 Å². The van der Waals surface area contributed by atoms with E-state index in [1.807, 2.05) is 32.0 Å². The normalized spacial score (nSPS) is 12.4. The number of carbonyl (C=O) groups is 1. The molecule has 2 rings (SSSR count). The number of amides is 1. The molecule has 1 heterocycles. The predicted octanol–water partition coefficient (Wildman–Crippen LogP) is 1.48. The van der Waals surface area contributed by atoms with Gasteiger partial charge >= 0.3 is 0 Å². The predicted molar refractivity (Wildman–Crippen MR) is 85.3 cm³/mol. The molecule has 0 saturated carbocycles. The second kappa shape index (κ2) is 7.66. The van der Waals surface area contributed by atoms with Crippen LogP contribution in [-0.2, 0) is 4.79 Å². The lowest BCUT2D eigenvalue weighted by Gasteiger charge is -2.12. The average Bonchev–Trinajstić information content (AvgIpc) is 2.46. The van der Waals surface area contributed by atoms with Crippen molar-refractivity contribution in [3.63, 3.8) is 0 Å². The Hall–Kier alpha value is -2.05. The molecule has 6 nitrogen and oxygen atoms in total. The molecule has 0 aliphatic carbocycles. The Bertz CT molecular complexity index is 644. The molecule has 0 unspecified atom stereocenters. The number of nitrogens with two attached hydrogens (primary N) is 1. The van der Waals surface area contributed by atoms with Crippen LogP contribution in [0.4, 0.5) is 0 Å². The number of nitrogens with zero attached hydrogens (tertiary/aromatic N) is 3. The number of carbonyl (C=O) groups excluding carboxylic acids is 1. The second-order valence-corrected chi connectivity index (χ2v) is 4.81. The number of nitrogens with one attached hydrogen (secondary N) is 1. The van der Waals surface area contributed by atoms with E-state index in [-0.39, 0.29) is 24.2 Å². The maximum absolute atomic E-state index is 11.6. The molecule has 0 saturated heterocycles. The van der Waals surface area contributed by atoms with E-state index in [9.17, 15) is 4.79 Å². The molecule has 0 aliphatic heterocycles. The zero-order valence-corrected chi connectivity index (χ0v) is 12.7. The van der Waals surface area contributed by atoms with Gasteiger partial charge in [-0.25, -0.2) is 5.43 Å². The maximum atomic E-state index is 11.6. The van der Waals surface area contributed by atoms with Crippen LogP contribution in [0.3, 0.4) is 0 Å². The van der Waals surface area contributed by atoms with E-state index in [1.54, 1.807) is 18.6 Å². The summed E-state index contributed by atoms with van der Waals surface area (Å²) in [6, 6.07) is 5.00. The summed E-state index contributed by atoms with van der Waals surface area (Å²) in [4.78, 5) is 20.0. The fraction of sp³-hybridized carbons (Fsp3) is 0.286. The lowest BCUT2D eigenvalue weighted by atomic mass is 10.1. The van der Waals surface area contributed by atoms with E-state index in [1.165, 1.54) is 0 Å². The van der Waals surface area contributed by atoms with Crippen molar-refractivity contribution in [2.75, 3.05) is 0 Å². The second-order valence-electron chi connectivity index (χ2n) is 4.81. The van der Waals surface area contributed by atoms with E-state index >= 15 is 0 Å². The third-order valence-electron chi connectivity index (χ3n) is 2.90. The Morgan fingerprint density at radius 1 is 1.29 bits per heavy atom. The highest BCUT2D eigenvalue weighted by Gasteiger charge is 2.15. The van der Waals surface area contributed by atoms with Crippen molar-refractivity contribution in [2.45, 2.75) is 19.9 Å². The lowest BCUT2D eigenvalue weighted by Crippen LogP contribution is -2.42. The molecule has 112 valence electrons. The first-order valence-corrected chi connectivity index (χ1v) is 6.37. The van der Waals surface area contributed by atoms with Crippen molar-refractivity contribution in [1.82, 2.24) is 15.4 Å². The van der Waals surface area contributed by atoms with Gasteiger partial charge < -0.3 is 5.73 Å². The Morgan fingerprint density at radius 3 is 2.62 bits per heavy atom.